The summed E-state index contributed by atoms with van der Waals surface area (Å²) in [5, 5.41) is 5.74. The van der Waals surface area contributed by atoms with E-state index in [1.807, 2.05) is 18.3 Å². The van der Waals surface area contributed by atoms with Gasteiger partial charge in [0.15, 0.2) is 0 Å². The Morgan fingerprint density at radius 1 is 1.37 bits per heavy atom. The lowest BCUT2D eigenvalue weighted by Gasteiger charge is -2.15. The minimum atomic E-state index is 0.139. The number of nitrogens with one attached hydrogen (secondary N) is 1. The lowest BCUT2D eigenvalue weighted by Crippen LogP contribution is -2.18. The van der Waals surface area contributed by atoms with E-state index in [2.05, 4.69) is 24.1 Å². The summed E-state index contributed by atoms with van der Waals surface area (Å²) in [7, 11) is 0. The third kappa shape index (κ3) is 3.69. The number of benzene rings is 1. The van der Waals surface area contributed by atoms with Crippen LogP contribution in [-0.2, 0) is 13.0 Å². The van der Waals surface area contributed by atoms with Gasteiger partial charge >= 0.3 is 0 Å². The first-order valence-corrected chi connectivity index (χ1v) is 7.80. The van der Waals surface area contributed by atoms with Crippen LogP contribution in [0.25, 0.3) is 0 Å². The van der Waals surface area contributed by atoms with Gasteiger partial charge in [-0.3, -0.25) is 0 Å². The number of hydrogen-bond acceptors (Lipinski definition) is 3. The molecule has 102 valence electrons. The Kier molecular flexibility index (Phi) is 5.22. The van der Waals surface area contributed by atoms with Crippen LogP contribution in [0.4, 0.5) is 0 Å². The average molecular weight is 315 g/mol. The van der Waals surface area contributed by atoms with Crippen molar-refractivity contribution in [3.05, 3.63) is 49.9 Å². The summed E-state index contributed by atoms with van der Waals surface area (Å²) in [6.07, 6.45) is 2.98. The Morgan fingerprint density at radius 2 is 2.16 bits per heavy atom. The topological polar surface area (TPSA) is 24.9 Å². The highest BCUT2D eigenvalue weighted by Gasteiger charge is 2.12. The quantitative estimate of drug-likeness (QED) is 0.852. The van der Waals surface area contributed by atoms with Gasteiger partial charge in [-0.1, -0.05) is 42.3 Å². The molecule has 0 spiro atoms. The van der Waals surface area contributed by atoms with Gasteiger partial charge in [-0.05, 0) is 25.0 Å². The first-order valence-electron chi connectivity index (χ1n) is 6.22. The number of nitrogens with zero attached hydrogens (tertiary/aromatic N) is 1. The van der Waals surface area contributed by atoms with E-state index in [0.29, 0.717) is 10.0 Å². The predicted octanol–water partition coefficient (Wildman–Crippen LogP) is 4.86. The fourth-order valence-corrected chi connectivity index (χ4v) is 3.08. The predicted molar refractivity (Wildman–Crippen MR) is 83.2 cm³/mol. The minimum absolute atomic E-state index is 0.139. The molecule has 1 aromatic carbocycles. The lowest BCUT2D eigenvalue weighted by molar-refractivity contribution is 0.573. The maximum absolute atomic E-state index is 6.21. The molecule has 1 atom stereocenters. The molecule has 2 aromatic rings. The maximum Gasteiger partial charge on any atom is 0.107 e. The van der Waals surface area contributed by atoms with Crippen molar-refractivity contribution in [3.63, 3.8) is 0 Å². The first-order chi connectivity index (χ1) is 9.11. The van der Waals surface area contributed by atoms with Gasteiger partial charge in [0, 0.05) is 23.7 Å². The van der Waals surface area contributed by atoms with Gasteiger partial charge < -0.3 is 5.32 Å². The van der Waals surface area contributed by atoms with Gasteiger partial charge in [-0.15, -0.1) is 11.3 Å². The summed E-state index contributed by atoms with van der Waals surface area (Å²) in [5.74, 6) is 0. The summed E-state index contributed by atoms with van der Waals surface area (Å²) in [5.41, 5.74) is 1.02. The Labute approximate surface area is 127 Å². The molecule has 0 amide bonds. The van der Waals surface area contributed by atoms with E-state index in [-0.39, 0.29) is 6.04 Å². The molecular weight excluding hydrogens is 299 g/mol. The molecule has 0 fully saturated rings. The highest BCUT2D eigenvalue weighted by molar-refractivity contribution is 7.11. The van der Waals surface area contributed by atoms with Gasteiger partial charge in [0.1, 0.15) is 5.01 Å². The number of rotatable bonds is 5. The molecule has 0 radical (unpaired) electrons. The number of thiazole rings is 1. The number of aryl methyl sites for hydroxylation is 1. The van der Waals surface area contributed by atoms with Crippen LogP contribution in [0.5, 0.6) is 0 Å². The van der Waals surface area contributed by atoms with E-state index in [1.165, 1.54) is 4.88 Å². The first kappa shape index (κ1) is 14.8. The van der Waals surface area contributed by atoms with Crippen molar-refractivity contribution < 1.29 is 0 Å². The standard InChI is InChI=1S/C14H16Cl2N2S/c1-3-10-7-18-13(19-10)8-17-9(2)11-5-4-6-12(15)14(11)16/h4-7,9,17H,3,8H2,1-2H3. The summed E-state index contributed by atoms with van der Waals surface area (Å²) in [4.78, 5) is 5.70. The molecule has 2 nitrogen and oxygen atoms in total. The van der Waals surface area contributed by atoms with Crippen LogP contribution in [0.1, 0.15) is 35.3 Å². The smallest absolute Gasteiger partial charge is 0.107 e. The molecule has 1 heterocycles. The van der Waals surface area contributed by atoms with E-state index in [9.17, 15) is 0 Å². The normalized spacial score (nSPS) is 12.6. The van der Waals surface area contributed by atoms with E-state index in [0.717, 1.165) is 23.5 Å². The molecule has 0 saturated heterocycles. The molecule has 0 aliphatic carbocycles. The van der Waals surface area contributed by atoms with Crippen LogP contribution in [0.2, 0.25) is 10.0 Å². The maximum atomic E-state index is 6.21. The van der Waals surface area contributed by atoms with Crippen molar-refractivity contribution in [3.8, 4) is 0 Å². The van der Waals surface area contributed by atoms with Crippen molar-refractivity contribution in [1.82, 2.24) is 10.3 Å². The van der Waals surface area contributed by atoms with Crippen LogP contribution in [0.15, 0.2) is 24.4 Å². The molecule has 0 aliphatic heterocycles. The fourth-order valence-electron chi connectivity index (χ4n) is 1.80. The molecular formula is C14H16Cl2N2S. The Balaban J connectivity index is 2.01. The number of halogens is 2. The van der Waals surface area contributed by atoms with Crippen LogP contribution in [0.3, 0.4) is 0 Å². The molecule has 1 unspecified atom stereocenters. The third-order valence-electron chi connectivity index (χ3n) is 2.96. The monoisotopic (exact) mass is 314 g/mol. The third-order valence-corrected chi connectivity index (χ3v) is 4.93. The van der Waals surface area contributed by atoms with E-state index in [1.54, 1.807) is 17.4 Å². The second-order valence-electron chi connectivity index (χ2n) is 4.32. The summed E-state index contributed by atoms with van der Waals surface area (Å²) in [6.45, 7) is 4.96. The molecule has 1 aromatic heterocycles. The van der Waals surface area contributed by atoms with E-state index in [4.69, 9.17) is 23.2 Å². The molecule has 0 aliphatic rings. The lowest BCUT2D eigenvalue weighted by atomic mass is 10.1. The average Bonchev–Trinajstić information content (AvgIpc) is 2.87. The van der Waals surface area contributed by atoms with Gasteiger partial charge in [0.25, 0.3) is 0 Å². The summed E-state index contributed by atoms with van der Waals surface area (Å²) in [6, 6.07) is 5.85. The highest BCUT2D eigenvalue weighted by atomic mass is 35.5. The summed E-state index contributed by atoms with van der Waals surface area (Å²) < 4.78 is 0. The van der Waals surface area contributed by atoms with Crippen molar-refractivity contribution in [1.29, 1.82) is 0 Å². The van der Waals surface area contributed by atoms with Crippen molar-refractivity contribution >= 4 is 34.5 Å². The van der Waals surface area contributed by atoms with Crippen LogP contribution >= 0.6 is 34.5 Å². The van der Waals surface area contributed by atoms with Crippen molar-refractivity contribution in [2.75, 3.05) is 0 Å². The zero-order valence-corrected chi connectivity index (χ0v) is 13.2. The van der Waals surface area contributed by atoms with Gasteiger partial charge in [0.05, 0.1) is 10.0 Å². The Hall–Kier alpha value is -0.610. The summed E-state index contributed by atoms with van der Waals surface area (Å²) >= 11 is 14.0. The van der Waals surface area contributed by atoms with Crippen molar-refractivity contribution in [2.45, 2.75) is 32.9 Å². The molecule has 2 rings (SSSR count). The van der Waals surface area contributed by atoms with Gasteiger partial charge in [0.2, 0.25) is 0 Å². The van der Waals surface area contributed by atoms with E-state index >= 15 is 0 Å². The molecule has 0 saturated carbocycles. The molecule has 1 N–H and O–H groups in total. The fraction of sp³-hybridized carbons (Fsp3) is 0.357. The number of aromatic nitrogens is 1. The SMILES string of the molecule is CCc1cnc(CNC(C)c2cccc(Cl)c2Cl)s1. The zero-order valence-electron chi connectivity index (χ0n) is 10.9. The molecule has 19 heavy (non-hydrogen) atoms. The molecule has 5 heteroatoms. The van der Waals surface area contributed by atoms with Crippen LogP contribution < -0.4 is 5.32 Å². The molecule has 0 bridgehead atoms. The zero-order chi connectivity index (χ0) is 13.8. The second-order valence-corrected chi connectivity index (χ2v) is 6.30. The second kappa shape index (κ2) is 6.71. The Morgan fingerprint density at radius 3 is 2.84 bits per heavy atom. The minimum Gasteiger partial charge on any atom is -0.304 e. The van der Waals surface area contributed by atoms with Crippen LogP contribution in [0, 0.1) is 0 Å². The highest BCUT2D eigenvalue weighted by Crippen LogP contribution is 2.29. The van der Waals surface area contributed by atoms with E-state index < -0.39 is 0 Å². The Bertz CT molecular complexity index is 554. The van der Waals surface area contributed by atoms with Gasteiger partial charge in [-0.2, -0.15) is 0 Å². The van der Waals surface area contributed by atoms with Gasteiger partial charge in [-0.25, -0.2) is 4.98 Å². The largest absolute Gasteiger partial charge is 0.304 e. The van der Waals surface area contributed by atoms with Crippen molar-refractivity contribution in [2.24, 2.45) is 0 Å². The van der Waals surface area contributed by atoms with Crippen LogP contribution in [-0.4, -0.2) is 4.98 Å². The number of hydrogen-bond donors (Lipinski definition) is 1.